The molecule has 1 aromatic carbocycles. The first-order valence-corrected chi connectivity index (χ1v) is 6.91. The first-order valence-electron chi connectivity index (χ1n) is 5.77. The van der Waals surface area contributed by atoms with Crippen LogP contribution in [0.1, 0.15) is 19.3 Å². The van der Waals surface area contributed by atoms with Crippen molar-refractivity contribution in [2.45, 2.75) is 25.3 Å². The molecule has 0 fully saturated rings. The number of ether oxygens (including phenoxy) is 1. The maximum Gasteiger partial charge on any atom is 0.328 e. The van der Waals surface area contributed by atoms with Crippen molar-refractivity contribution in [3.05, 3.63) is 27.2 Å². The van der Waals surface area contributed by atoms with Crippen LogP contribution in [-0.4, -0.2) is 18.6 Å². The van der Waals surface area contributed by atoms with E-state index in [4.69, 9.17) is 51.0 Å². The lowest BCUT2D eigenvalue weighted by atomic mass is 10.1. The molecule has 106 valence electrons. The Morgan fingerprint density at radius 3 is 2.42 bits per heavy atom. The van der Waals surface area contributed by atoms with Crippen LogP contribution in [-0.2, 0) is 4.79 Å². The molecule has 0 unspecified atom stereocenters. The summed E-state index contributed by atoms with van der Waals surface area (Å²) in [5.74, 6) is -0.410. The van der Waals surface area contributed by atoms with Gasteiger partial charge in [0.2, 0.25) is 0 Å². The zero-order chi connectivity index (χ0) is 14.4. The van der Waals surface area contributed by atoms with Gasteiger partial charge in [-0.05, 0) is 25.5 Å². The molecule has 0 aliphatic carbocycles. The van der Waals surface area contributed by atoms with Crippen molar-refractivity contribution >= 4 is 40.8 Å². The lowest BCUT2D eigenvalue weighted by molar-refractivity contribution is -0.136. The van der Waals surface area contributed by atoms with Crippen molar-refractivity contribution in [3.63, 3.8) is 0 Å². The van der Waals surface area contributed by atoms with Crippen molar-refractivity contribution in [1.82, 2.24) is 0 Å². The van der Waals surface area contributed by atoms with E-state index in [1.807, 2.05) is 0 Å². The van der Waals surface area contributed by atoms with Crippen LogP contribution in [0, 0.1) is 0 Å². The Labute approximate surface area is 126 Å². The maximum atomic E-state index is 11.7. The quantitative estimate of drug-likeness (QED) is 0.365. The van der Waals surface area contributed by atoms with Gasteiger partial charge in [-0.2, -0.15) is 0 Å². The molecule has 19 heavy (non-hydrogen) atoms. The first-order chi connectivity index (χ1) is 8.95. The van der Waals surface area contributed by atoms with Crippen molar-refractivity contribution in [3.8, 4) is 5.75 Å². The second-order valence-electron chi connectivity index (χ2n) is 4.01. The van der Waals surface area contributed by atoms with Crippen LogP contribution in [0.5, 0.6) is 5.75 Å². The fourth-order valence-corrected chi connectivity index (χ4v) is 1.97. The highest BCUT2D eigenvalue weighted by Gasteiger charge is 2.17. The van der Waals surface area contributed by atoms with Gasteiger partial charge in [0, 0.05) is 6.07 Å². The number of esters is 1. The van der Waals surface area contributed by atoms with Gasteiger partial charge in [-0.3, -0.25) is 0 Å². The predicted molar refractivity (Wildman–Crippen MR) is 78.0 cm³/mol. The number of rotatable bonds is 6. The highest BCUT2D eigenvalue weighted by atomic mass is 35.5. The van der Waals surface area contributed by atoms with Gasteiger partial charge in [-0.15, -0.1) is 0 Å². The molecule has 0 spiro atoms. The predicted octanol–water partition coefficient (Wildman–Crippen LogP) is 3.01. The summed E-state index contributed by atoms with van der Waals surface area (Å²) in [4.78, 5) is 11.7. The van der Waals surface area contributed by atoms with E-state index in [9.17, 15) is 4.79 Å². The van der Waals surface area contributed by atoms with Crippen LogP contribution in [0.4, 0.5) is 0 Å². The number of hydrogen-bond donors (Lipinski definition) is 2. The zero-order valence-electron chi connectivity index (χ0n) is 10.2. The third kappa shape index (κ3) is 5.16. The molecule has 7 heteroatoms. The molecular weight excluding hydrogens is 311 g/mol. The normalized spacial score (nSPS) is 12.3. The minimum atomic E-state index is -0.711. The third-order valence-electron chi connectivity index (χ3n) is 2.46. The second kappa shape index (κ2) is 7.92. The number of carbonyl (C=O) groups excluding carboxylic acids is 1. The highest BCUT2D eigenvalue weighted by molar-refractivity contribution is 6.43. The van der Waals surface area contributed by atoms with Crippen LogP contribution in [0.25, 0.3) is 0 Å². The van der Waals surface area contributed by atoms with Crippen LogP contribution in [0.2, 0.25) is 15.1 Å². The number of unbranched alkanes of at least 4 members (excludes halogenated alkanes) is 1. The molecule has 0 bridgehead atoms. The van der Waals surface area contributed by atoms with Gasteiger partial charge in [-0.1, -0.05) is 41.2 Å². The van der Waals surface area contributed by atoms with E-state index in [1.165, 1.54) is 12.1 Å². The van der Waals surface area contributed by atoms with Gasteiger partial charge in [0.05, 0.1) is 15.1 Å². The summed E-state index contributed by atoms with van der Waals surface area (Å²) in [5.41, 5.74) is 11.1. The van der Waals surface area contributed by atoms with E-state index < -0.39 is 12.0 Å². The Morgan fingerprint density at radius 2 is 1.79 bits per heavy atom. The molecule has 0 saturated heterocycles. The summed E-state index contributed by atoms with van der Waals surface area (Å²) in [6.07, 6.45) is 2.09. The number of nitrogens with two attached hydrogens (primary N) is 2. The van der Waals surface area contributed by atoms with Gasteiger partial charge < -0.3 is 16.2 Å². The molecule has 0 amide bonds. The number of halogens is 3. The Hall–Kier alpha value is -0.520. The molecular formula is C12H15Cl3N2O2. The number of hydrogen-bond acceptors (Lipinski definition) is 4. The Kier molecular flexibility index (Phi) is 6.89. The second-order valence-corrected chi connectivity index (χ2v) is 5.23. The van der Waals surface area contributed by atoms with Gasteiger partial charge in [-0.25, -0.2) is 4.79 Å². The van der Waals surface area contributed by atoms with Gasteiger partial charge in [0.15, 0.2) is 5.75 Å². The van der Waals surface area contributed by atoms with Crippen LogP contribution < -0.4 is 16.2 Å². The van der Waals surface area contributed by atoms with Crippen molar-refractivity contribution in [1.29, 1.82) is 0 Å². The summed E-state index contributed by atoms with van der Waals surface area (Å²) >= 11 is 17.5. The van der Waals surface area contributed by atoms with Gasteiger partial charge >= 0.3 is 5.97 Å². The Morgan fingerprint density at radius 1 is 1.16 bits per heavy atom. The van der Waals surface area contributed by atoms with Crippen molar-refractivity contribution in [2.75, 3.05) is 6.54 Å². The van der Waals surface area contributed by atoms with E-state index >= 15 is 0 Å². The topological polar surface area (TPSA) is 78.3 Å². The average Bonchev–Trinajstić information content (AvgIpc) is 2.36. The molecule has 0 saturated carbocycles. The number of carbonyl (C=O) groups is 1. The van der Waals surface area contributed by atoms with Crippen molar-refractivity contribution < 1.29 is 9.53 Å². The minimum absolute atomic E-state index is 0.148. The lowest BCUT2D eigenvalue weighted by Crippen LogP contribution is -2.34. The van der Waals surface area contributed by atoms with Crippen molar-refractivity contribution in [2.24, 2.45) is 11.5 Å². The molecule has 1 atom stereocenters. The molecule has 4 nitrogen and oxygen atoms in total. The SMILES string of the molecule is NCCCC[C@H](N)C(=O)Oc1cc(Cl)c(Cl)cc1Cl. The van der Waals surface area contributed by atoms with E-state index in [0.717, 1.165) is 12.8 Å². The van der Waals surface area contributed by atoms with Crippen LogP contribution >= 0.6 is 34.8 Å². The summed E-state index contributed by atoms with van der Waals surface area (Å²) < 4.78 is 5.10. The summed E-state index contributed by atoms with van der Waals surface area (Å²) in [5, 5.41) is 0.751. The van der Waals surface area contributed by atoms with Crippen LogP contribution in [0.3, 0.4) is 0 Å². The molecule has 0 aromatic heterocycles. The van der Waals surface area contributed by atoms with E-state index in [1.54, 1.807) is 0 Å². The minimum Gasteiger partial charge on any atom is -0.424 e. The zero-order valence-corrected chi connectivity index (χ0v) is 12.4. The van der Waals surface area contributed by atoms with E-state index in [-0.39, 0.29) is 15.8 Å². The first kappa shape index (κ1) is 16.5. The van der Waals surface area contributed by atoms with E-state index in [0.29, 0.717) is 18.0 Å². The molecule has 0 aliphatic rings. The maximum absolute atomic E-state index is 11.7. The summed E-state index contributed by atoms with van der Waals surface area (Å²) in [6, 6.07) is 2.09. The Balaban J connectivity index is 2.64. The molecule has 4 N–H and O–H groups in total. The molecule has 0 radical (unpaired) electrons. The summed E-state index contributed by atoms with van der Waals surface area (Å²) in [7, 11) is 0. The fourth-order valence-electron chi connectivity index (χ4n) is 1.39. The third-order valence-corrected chi connectivity index (χ3v) is 3.47. The average molecular weight is 326 g/mol. The molecule has 1 aromatic rings. The smallest absolute Gasteiger partial charge is 0.328 e. The summed E-state index contributed by atoms with van der Waals surface area (Å²) in [6.45, 7) is 0.570. The Bertz CT molecular complexity index is 455. The van der Waals surface area contributed by atoms with E-state index in [2.05, 4.69) is 0 Å². The standard InChI is InChI=1S/C12H15Cl3N2O2/c13-7-5-9(15)11(6-8(7)14)19-12(18)10(17)3-1-2-4-16/h5-6,10H,1-4,16-17H2/t10-/m0/s1. The van der Waals surface area contributed by atoms with Gasteiger partial charge in [0.1, 0.15) is 6.04 Å². The lowest BCUT2D eigenvalue weighted by Gasteiger charge is -2.12. The number of benzene rings is 1. The molecule has 1 rings (SSSR count). The highest BCUT2D eigenvalue weighted by Crippen LogP contribution is 2.34. The van der Waals surface area contributed by atoms with Crippen LogP contribution in [0.15, 0.2) is 12.1 Å². The molecule has 0 heterocycles. The van der Waals surface area contributed by atoms with Gasteiger partial charge in [0.25, 0.3) is 0 Å². The fraction of sp³-hybridized carbons (Fsp3) is 0.417. The molecule has 0 aliphatic heterocycles. The largest absolute Gasteiger partial charge is 0.424 e. The monoisotopic (exact) mass is 324 g/mol.